The van der Waals surface area contributed by atoms with Gasteiger partial charge in [0.2, 0.25) is 10.0 Å². The highest BCUT2D eigenvalue weighted by Gasteiger charge is 2.20. The maximum absolute atomic E-state index is 12.3. The Labute approximate surface area is 122 Å². The number of hydrogen-bond acceptors (Lipinski definition) is 3. The van der Waals surface area contributed by atoms with Crippen molar-refractivity contribution in [1.29, 1.82) is 0 Å². The molecular weight excluding hydrogens is 272 g/mol. The van der Waals surface area contributed by atoms with E-state index in [4.69, 9.17) is 0 Å². The molecule has 0 saturated carbocycles. The predicted molar refractivity (Wildman–Crippen MR) is 82.5 cm³/mol. The topological polar surface area (TPSA) is 58.2 Å². The highest BCUT2D eigenvalue weighted by atomic mass is 32.2. The molecule has 1 atom stereocenters. The van der Waals surface area contributed by atoms with Crippen molar-refractivity contribution in [3.8, 4) is 0 Å². The first kappa shape index (κ1) is 15.3. The lowest BCUT2D eigenvalue weighted by molar-refractivity contribution is 0.485. The van der Waals surface area contributed by atoms with Gasteiger partial charge in [0.05, 0.1) is 4.90 Å². The summed E-state index contributed by atoms with van der Waals surface area (Å²) in [5.41, 5.74) is 2.14. The van der Waals surface area contributed by atoms with Gasteiger partial charge in [0.1, 0.15) is 0 Å². The first-order valence-corrected chi connectivity index (χ1v) is 8.76. The molecule has 0 fully saturated rings. The lowest BCUT2D eigenvalue weighted by Crippen LogP contribution is -2.32. The van der Waals surface area contributed by atoms with Gasteiger partial charge >= 0.3 is 0 Å². The van der Waals surface area contributed by atoms with Crippen molar-refractivity contribution in [1.82, 2.24) is 4.72 Å². The maximum atomic E-state index is 12.3. The van der Waals surface area contributed by atoms with E-state index in [0.29, 0.717) is 10.8 Å². The van der Waals surface area contributed by atoms with Gasteiger partial charge in [0, 0.05) is 18.3 Å². The monoisotopic (exact) mass is 296 g/mol. The van der Waals surface area contributed by atoms with Crippen LogP contribution in [0.25, 0.3) is 0 Å². The molecule has 0 spiro atoms. The number of rotatable bonds is 6. The third-order valence-corrected chi connectivity index (χ3v) is 5.22. The summed E-state index contributed by atoms with van der Waals surface area (Å²) in [6.45, 7) is 7.10. The van der Waals surface area contributed by atoms with Crippen LogP contribution >= 0.6 is 0 Å². The van der Waals surface area contributed by atoms with Crippen LogP contribution < -0.4 is 10.0 Å². The summed E-state index contributed by atoms with van der Waals surface area (Å²) in [4.78, 5) is 0.349. The fourth-order valence-corrected chi connectivity index (χ4v) is 3.72. The summed E-state index contributed by atoms with van der Waals surface area (Å²) >= 11 is 0. The summed E-state index contributed by atoms with van der Waals surface area (Å²) in [5, 5.41) is 3.21. The van der Waals surface area contributed by atoms with E-state index >= 15 is 0 Å². The van der Waals surface area contributed by atoms with Crippen LogP contribution in [0.5, 0.6) is 0 Å². The standard InChI is InChI=1S/C15H24N2O2S/c1-11(2)4-5-12(3)17-20(18,19)14-7-6-13-8-9-16-15(13)10-14/h6-7,10-12,16-17H,4-5,8-9H2,1-3H3. The van der Waals surface area contributed by atoms with Gasteiger partial charge < -0.3 is 5.32 Å². The second kappa shape index (κ2) is 6.14. The molecule has 2 rings (SSSR count). The van der Waals surface area contributed by atoms with E-state index in [1.54, 1.807) is 12.1 Å². The van der Waals surface area contributed by atoms with Gasteiger partial charge in [-0.15, -0.1) is 0 Å². The second-order valence-electron chi connectivity index (χ2n) is 5.99. The van der Waals surface area contributed by atoms with Gasteiger partial charge in [-0.1, -0.05) is 19.9 Å². The van der Waals surface area contributed by atoms with Gasteiger partial charge in [0.25, 0.3) is 0 Å². The summed E-state index contributed by atoms with van der Waals surface area (Å²) < 4.78 is 27.5. The lowest BCUT2D eigenvalue weighted by atomic mass is 10.1. The summed E-state index contributed by atoms with van der Waals surface area (Å²) in [6.07, 6.45) is 2.85. The molecule has 1 aliphatic rings. The minimum atomic E-state index is -3.42. The molecule has 20 heavy (non-hydrogen) atoms. The van der Waals surface area contributed by atoms with Gasteiger partial charge in [-0.05, 0) is 49.8 Å². The largest absolute Gasteiger partial charge is 0.384 e. The highest BCUT2D eigenvalue weighted by Crippen LogP contribution is 2.25. The van der Waals surface area contributed by atoms with Crippen LogP contribution in [0.2, 0.25) is 0 Å². The average Bonchev–Trinajstić information content (AvgIpc) is 2.83. The van der Waals surface area contributed by atoms with E-state index in [1.807, 2.05) is 13.0 Å². The molecule has 0 aromatic heterocycles. The Kier molecular flexibility index (Phi) is 4.70. The van der Waals surface area contributed by atoms with Gasteiger partial charge in [-0.3, -0.25) is 0 Å². The van der Waals surface area contributed by atoms with Crippen molar-refractivity contribution in [2.24, 2.45) is 5.92 Å². The fraction of sp³-hybridized carbons (Fsp3) is 0.600. The maximum Gasteiger partial charge on any atom is 0.240 e. The third kappa shape index (κ3) is 3.73. The van der Waals surface area contributed by atoms with Crippen LogP contribution in [-0.4, -0.2) is 21.0 Å². The van der Waals surface area contributed by atoms with E-state index in [9.17, 15) is 8.42 Å². The zero-order valence-electron chi connectivity index (χ0n) is 12.4. The number of fused-ring (bicyclic) bond motifs is 1. The summed E-state index contributed by atoms with van der Waals surface area (Å²) in [6, 6.07) is 5.30. The van der Waals surface area contributed by atoms with Crippen LogP contribution in [-0.2, 0) is 16.4 Å². The second-order valence-corrected chi connectivity index (χ2v) is 7.70. The Morgan fingerprint density at radius 2 is 2.00 bits per heavy atom. The number of benzene rings is 1. The molecule has 5 heteroatoms. The van der Waals surface area contributed by atoms with Gasteiger partial charge in [-0.25, -0.2) is 13.1 Å². The molecule has 0 aliphatic carbocycles. The number of nitrogens with one attached hydrogen (secondary N) is 2. The third-order valence-electron chi connectivity index (χ3n) is 3.63. The van der Waals surface area contributed by atoms with Gasteiger partial charge in [-0.2, -0.15) is 0 Å². The zero-order valence-corrected chi connectivity index (χ0v) is 13.3. The van der Waals surface area contributed by atoms with E-state index in [-0.39, 0.29) is 6.04 Å². The Morgan fingerprint density at radius 1 is 1.25 bits per heavy atom. The van der Waals surface area contributed by atoms with E-state index < -0.39 is 10.0 Å². The lowest BCUT2D eigenvalue weighted by Gasteiger charge is -2.15. The molecule has 1 unspecified atom stereocenters. The van der Waals surface area contributed by atoms with Crippen LogP contribution in [0.3, 0.4) is 0 Å². The summed E-state index contributed by atoms with van der Waals surface area (Å²) in [7, 11) is -3.42. The Bertz CT molecular complexity index is 567. The van der Waals surface area contributed by atoms with Crippen LogP contribution in [0.15, 0.2) is 23.1 Å². The smallest absolute Gasteiger partial charge is 0.240 e. The first-order valence-electron chi connectivity index (χ1n) is 7.27. The molecule has 1 aliphatic heterocycles. The number of hydrogen-bond donors (Lipinski definition) is 2. The quantitative estimate of drug-likeness (QED) is 0.848. The van der Waals surface area contributed by atoms with Crippen molar-refractivity contribution in [3.05, 3.63) is 23.8 Å². The fourth-order valence-electron chi connectivity index (χ4n) is 2.41. The zero-order chi connectivity index (χ0) is 14.8. The number of anilines is 1. The van der Waals surface area contributed by atoms with Crippen molar-refractivity contribution >= 4 is 15.7 Å². The predicted octanol–water partition coefficient (Wildman–Crippen LogP) is 2.76. The van der Waals surface area contributed by atoms with Crippen molar-refractivity contribution in [2.75, 3.05) is 11.9 Å². The normalized spacial score (nSPS) is 16.0. The van der Waals surface area contributed by atoms with Crippen molar-refractivity contribution in [2.45, 2.75) is 51.0 Å². The molecule has 1 aromatic carbocycles. The number of sulfonamides is 1. The highest BCUT2D eigenvalue weighted by molar-refractivity contribution is 7.89. The minimum absolute atomic E-state index is 0.0383. The average molecular weight is 296 g/mol. The van der Waals surface area contributed by atoms with Crippen LogP contribution in [0.4, 0.5) is 5.69 Å². The molecule has 2 N–H and O–H groups in total. The molecule has 1 heterocycles. The van der Waals surface area contributed by atoms with E-state index in [0.717, 1.165) is 31.5 Å². The molecule has 0 amide bonds. The molecular formula is C15H24N2O2S. The van der Waals surface area contributed by atoms with Crippen molar-refractivity contribution < 1.29 is 8.42 Å². The summed E-state index contributed by atoms with van der Waals surface area (Å²) in [5.74, 6) is 0.589. The Morgan fingerprint density at radius 3 is 2.70 bits per heavy atom. The molecule has 112 valence electrons. The van der Waals surface area contributed by atoms with Gasteiger partial charge in [0.15, 0.2) is 0 Å². The SMILES string of the molecule is CC(C)CCC(C)NS(=O)(=O)c1ccc2c(c1)NCC2. The van der Waals surface area contributed by atoms with E-state index in [1.165, 1.54) is 5.56 Å². The van der Waals surface area contributed by atoms with Crippen LogP contribution in [0.1, 0.15) is 39.2 Å². The minimum Gasteiger partial charge on any atom is -0.384 e. The molecule has 0 bridgehead atoms. The molecule has 1 aromatic rings. The molecule has 0 saturated heterocycles. The van der Waals surface area contributed by atoms with Crippen LogP contribution in [0, 0.1) is 5.92 Å². The first-order chi connectivity index (χ1) is 9.38. The van der Waals surface area contributed by atoms with Crippen molar-refractivity contribution in [3.63, 3.8) is 0 Å². The molecule has 4 nitrogen and oxygen atoms in total. The van der Waals surface area contributed by atoms with E-state index in [2.05, 4.69) is 23.9 Å². The Balaban J connectivity index is 2.06. The Hall–Kier alpha value is -1.07. The molecule has 0 radical (unpaired) electrons.